The number of amides is 1. The molecule has 15 heavy (non-hydrogen) atoms. The first-order valence-corrected chi connectivity index (χ1v) is 5.50. The first-order chi connectivity index (χ1) is 7.22. The van der Waals surface area contributed by atoms with Gasteiger partial charge in [-0.2, -0.15) is 0 Å². The van der Waals surface area contributed by atoms with E-state index in [-0.39, 0.29) is 5.91 Å². The maximum Gasteiger partial charge on any atom is 0.244 e. The molecule has 0 aromatic rings. The fourth-order valence-corrected chi connectivity index (χ4v) is 1.66. The van der Waals surface area contributed by atoms with Crippen molar-refractivity contribution in [1.82, 2.24) is 10.2 Å². The molecule has 1 N–H and O–H groups in total. The van der Waals surface area contributed by atoms with E-state index in [0.29, 0.717) is 6.04 Å². The Morgan fingerprint density at radius 1 is 1.33 bits per heavy atom. The lowest BCUT2D eigenvalue weighted by Crippen LogP contribution is -2.42. The van der Waals surface area contributed by atoms with Crippen molar-refractivity contribution >= 4 is 5.91 Å². The SMILES string of the molecule is C/C=C/C=C/C(=O)NC1CCN(C)CC1. The molecule has 1 aliphatic rings. The van der Waals surface area contributed by atoms with Gasteiger partial charge in [-0.3, -0.25) is 4.79 Å². The number of allylic oxidation sites excluding steroid dienone is 3. The van der Waals surface area contributed by atoms with Crippen LogP contribution in [-0.4, -0.2) is 37.0 Å². The molecule has 0 atom stereocenters. The number of hydrogen-bond acceptors (Lipinski definition) is 2. The van der Waals surface area contributed by atoms with E-state index in [1.165, 1.54) is 0 Å². The van der Waals surface area contributed by atoms with Crippen LogP contribution in [0.4, 0.5) is 0 Å². The highest BCUT2D eigenvalue weighted by Crippen LogP contribution is 2.07. The van der Waals surface area contributed by atoms with Gasteiger partial charge in [0.25, 0.3) is 0 Å². The third kappa shape index (κ3) is 4.79. The summed E-state index contributed by atoms with van der Waals surface area (Å²) in [6.45, 7) is 4.08. The number of rotatable bonds is 3. The molecule has 1 fully saturated rings. The van der Waals surface area contributed by atoms with E-state index in [1.807, 2.05) is 19.1 Å². The maximum absolute atomic E-state index is 11.4. The summed E-state index contributed by atoms with van der Waals surface area (Å²) < 4.78 is 0. The Hall–Kier alpha value is -1.09. The molecule has 0 spiro atoms. The molecule has 1 aliphatic heterocycles. The smallest absolute Gasteiger partial charge is 0.244 e. The summed E-state index contributed by atoms with van der Waals surface area (Å²) in [5, 5.41) is 3.01. The van der Waals surface area contributed by atoms with Crippen molar-refractivity contribution in [3.05, 3.63) is 24.3 Å². The molecule has 1 saturated heterocycles. The summed E-state index contributed by atoms with van der Waals surface area (Å²) in [7, 11) is 2.12. The minimum absolute atomic E-state index is 0.0163. The van der Waals surface area contributed by atoms with Gasteiger partial charge in [-0.25, -0.2) is 0 Å². The van der Waals surface area contributed by atoms with Crippen molar-refractivity contribution in [1.29, 1.82) is 0 Å². The van der Waals surface area contributed by atoms with Gasteiger partial charge >= 0.3 is 0 Å². The monoisotopic (exact) mass is 208 g/mol. The lowest BCUT2D eigenvalue weighted by Gasteiger charge is -2.29. The van der Waals surface area contributed by atoms with Gasteiger partial charge in [0.15, 0.2) is 0 Å². The molecule has 3 nitrogen and oxygen atoms in total. The van der Waals surface area contributed by atoms with Crippen LogP contribution in [-0.2, 0) is 4.79 Å². The van der Waals surface area contributed by atoms with Crippen LogP contribution in [0.25, 0.3) is 0 Å². The fourth-order valence-electron chi connectivity index (χ4n) is 1.66. The van der Waals surface area contributed by atoms with Crippen molar-refractivity contribution in [3.8, 4) is 0 Å². The van der Waals surface area contributed by atoms with Crippen molar-refractivity contribution in [2.75, 3.05) is 20.1 Å². The van der Waals surface area contributed by atoms with Crippen LogP contribution in [0, 0.1) is 0 Å². The zero-order valence-electron chi connectivity index (χ0n) is 9.57. The number of carbonyl (C=O) groups is 1. The summed E-state index contributed by atoms with van der Waals surface area (Å²) >= 11 is 0. The molecule has 0 aromatic carbocycles. The minimum Gasteiger partial charge on any atom is -0.350 e. The number of piperidine rings is 1. The molecule has 0 aliphatic carbocycles. The predicted molar refractivity (Wildman–Crippen MR) is 62.6 cm³/mol. The second-order valence-corrected chi connectivity index (χ2v) is 3.97. The molecule has 0 saturated carbocycles. The Morgan fingerprint density at radius 3 is 2.60 bits per heavy atom. The van der Waals surface area contributed by atoms with Gasteiger partial charge in [0, 0.05) is 12.1 Å². The molecule has 0 radical (unpaired) electrons. The Kier molecular flexibility index (Phi) is 5.12. The highest BCUT2D eigenvalue weighted by atomic mass is 16.1. The number of likely N-dealkylation sites (tertiary alicyclic amines) is 1. The van der Waals surface area contributed by atoms with Gasteiger partial charge in [-0.05, 0) is 39.9 Å². The third-order valence-electron chi connectivity index (χ3n) is 2.62. The molecule has 1 amide bonds. The molecule has 0 bridgehead atoms. The first kappa shape index (κ1) is 12.0. The highest BCUT2D eigenvalue weighted by Gasteiger charge is 2.16. The van der Waals surface area contributed by atoms with Gasteiger partial charge < -0.3 is 10.2 Å². The molecule has 1 rings (SSSR count). The summed E-state index contributed by atoms with van der Waals surface area (Å²) in [6, 6.07) is 0.351. The Bertz CT molecular complexity index is 250. The van der Waals surface area contributed by atoms with Gasteiger partial charge in [0.05, 0.1) is 0 Å². The number of nitrogens with one attached hydrogen (secondary N) is 1. The van der Waals surface area contributed by atoms with Crippen LogP contribution in [0.3, 0.4) is 0 Å². The number of carbonyl (C=O) groups excluding carboxylic acids is 1. The van der Waals surface area contributed by atoms with E-state index < -0.39 is 0 Å². The van der Waals surface area contributed by atoms with E-state index in [9.17, 15) is 4.79 Å². The van der Waals surface area contributed by atoms with Gasteiger partial charge in [0.1, 0.15) is 0 Å². The zero-order chi connectivity index (χ0) is 11.1. The minimum atomic E-state index is 0.0163. The molecule has 0 unspecified atom stereocenters. The van der Waals surface area contributed by atoms with Crippen molar-refractivity contribution < 1.29 is 4.79 Å². The molecular weight excluding hydrogens is 188 g/mol. The largest absolute Gasteiger partial charge is 0.350 e. The van der Waals surface area contributed by atoms with Crippen LogP contribution in [0.15, 0.2) is 24.3 Å². The summed E-state index contributed by atoms with van der Waals surface area (Å²) in [4.78, 5) is 13.7. The quantitative estimate of drug-likeness (QED) is 0.560. The van der Waals surface area contributed by atoms with Gasteiger partial charge in [-0.15, -0.1) is 0 Å². The third-order valence-corrected chi connectivity index (χ3v) is 2.62. The van der Waals surface area contributed by atoms with Crippen molar-refractivity contribution in [3.63, 3.8) is 0 Å². The summed E-state index contributed by atoms with van der Waals surface area (Å²) in [5.74, 6) is 0.0163. The van der Waals surface area contributed by atoms with E-state index in [1.54, 1.807) is 12.2 Å². The average molecular weight is 208 g/mol. The standard InChI is InChI=1S/C12H20N2O/c1-3-4-5-6-12(15)13-11-7-9-14(2)10-8-11/h3-6,11H,7-10H2,1-2H3,(H,13,15)/b4-3+,6-5+. The number of hydrogen-bond donors (Lipinski definition) is 1. The maximum atomic E-state index is 11.4. The van der Waals surface area contributed by atoms with Gasteiger partial charge in [0.2, 0.25) is 5.91 Å². The number of nitrogens with zero attached hydrogens (tertiary/aromatic N) is 1. The second kappa shape index (κ2) is 6.40. The lowest BCUT2D eigenvalue weighted by atomic mass is 10.1. The van der Waals surface area contributed by atoms with E-state index in [0.717, 1.165) is 25.9 Å². The van der Waals surface area contributed by atoms with Crippen molar-refractivity contribution in [2.24, 2.45) is 0 Å². The molecule has 84 valence electrons. The van der Waals surface area contributed by atoms with E-state index in [2.05, 4.69) is 17.3 Å². The van der Waals surface area contributed by atoms with Crippen LogP contribution in [0.5, 0.6) is 0 Å². The zero-order valence-corrected chi connectivity index (χ0v) is 9.57. The lowest BCUT2D eigenvalue weighted by molar-refractivity contribution is -0.117. The van der Waals surface area contributed by atoms with E-state index in [4.69, 9.17) is 0 Å². The Labute approximate surface area is 91.8 Å². The van der Waals surface area contributed by atoms with Crippen LogP contribution in [0.2, 0.25) is 0 Å². The normalized spacial score (nSPS) is 20.1. The molecular formula is C12H20N2O. The topological polar surface area (TPSA) is 32.3 Å². The molecule has 1 heterocycles. The Balaban J connectivity index is 2.26. The van der Waals surface area contributed by atoms with Crippen LogP contribution >= 0.6 is 0 Å². The van der Waals surface area contributed by atoms with Gasteiger partial charge in [-0.1, -0.05) is 18.2 Å². The molecule has 3 heteroatoms. The second-order valence-electron chi connectivity index (χ2n) is 3.97. The van der Waals surface area contributed by atoms with Crippen molar-refractivity contribution in [2.45, 2.75) is 25.8 Å². The summed E-state index contributed by atoms with van der Waals surface area (Å²) in [5.41, 5.74) is 0. The van der Waals surface area contributed by atoms with Crippen LogP contribution in [0.1, 0.15) is 19.8 Å². The Morgan fingerprint density at radius 2 is 2.00 bits per heavy atom. The first-order valence-electron chi connectivity index (χ1n) is 5.50. The molecule has 0 aromatic heterocycles. The average Bonchev–Trinajstić information content (AvgIpc) is 2.22. The van der Waals surface area contributed by atoms with Crippen LogP contribution < -0.4 is 5.32 Å². The predicted octanol–water partition coefficient (Wildman–Crippen LogP) is 1.33. The fraction of sp³-hybridized carbons (Fsp3) is 0.583. The van der Waals surface area contributed by atoms with E-state index >= 15 is 0 Å². The highest BCUT2D eigenvalue weighted by molar-refractivity contribution is 5.87. The summed E-state index contributed by atoms with van der Waals surface area (Å²) in [6.07, 6.45) is 9.22.